The average Bonchev–Trinajstić information content (AvgIpc) is 2.56. The molecule has 0 spiro atoms. The summed E-state index contributed by atoms with van der Waals surface area (Å²) in [6, 6.07) is 11.1. The van der Waals surface area contributed by atoms with Gasteiger partial charge in [0.05, 0.1) is 6.20 Å². The van der Waals surface area contributed by atoms with Crippen LogP contribution in [0.3, 0.4) is 0 Å². The molecule has 0 aliphatic carbocycles. The minimum absolute atomic E-state index is 0.344. The number of anilines is 2. The van der Waals surface area contributed by atoms with E-state index in [-0.39, 0.29) is 0 Å². The summed E-state index contributed by atoms with van der Waals surface area (Å²) in [5.41, 5.74) is 1.44. The lowest BCUT2D eigenvalue weighted by molar-refractivity contribution is 0.400. The number of hydrogen-bond acceptors (Lipinski definition) is 5. The van der Waals surface area contributed by atoms with Crippen molar-refractivity contribution in [3.8, 4) is 0 Å². The van der Waals surface area contributed by atoms with Gasteiger partial charge in [0, 0.05) is 19.1 Å². The Bertz CT molecular complexity index is 606. The normalized spacial score (nSPS) is 15.9. The van der Waals surface area contributed by atoms with Crippen LogP contribution in [-0.4, -0.2) is 34.3 Å². The SMILES string of the molecule is CC(C)Nc1cnnc(N2CCC(Cc3ccccc3)CC2)n1. The number of piperidine rings is 1. The van der Waals surface area contributed by atoms with Gasteiger partial charge >= 0.3 is 0 Å². The van der Waals surface area contributed by atoms with E-state index in [4.69, 9.17) is 0 Å². The summed E-state index contributed by atoms with van der Waals surface area (Å²) in [6.45, 7) is 6.20. The molecule has 0 unspecified atom stereocenters. The highest BCUT2D eigenvalue weighted by molar-refractivity contribution is 5.39. The molecule has 23 heavy (non-hydrogen) atoms. The fourth-order valence-corrected chi connectivity index (χ4v) is 3.08. The van der Waals surface area contributed by atoms with E-state index in [2.05, 4.69) is 69.6 Å². The van der Waals surface area contributed by atoms with Crippen molar-refractivity contribution < 1.29 is 0 Å². The molecule has 3 rings (SSSR count). The third kappa shape index (κ3) is 4.41. The van der Waals surface area contributed by atoms with Crippen molar-refractivity contribution in [3.05, 3.63) is 42.1 Å². The summed E-state index contributed by atoms with van der Waals surface area (Å²) >= 11 is 0. The molecule has 5 heteroatoms. The van der Waals surface area contributed by atoms with Gasteiger partial charge in [-0.2, -0.15) is 10.1 Å². The minimum Gasteiger partial charge on any atom is -0.366 e. The molecule has 0 bridgehead atoms. The maximum atomic E-state index is 4.59. The highest BCUT2D eigenvalue weighted by atomic mass is 15.3. The molecule has 1 aromatic carbocycles. The Morgan fingerprint density at radius 3 is 2.61 bits per heavy atom. The van der Waals surface area contributed by atoms with Crippen LogP contribution in [0, 0.1) is 5.92 Å². The van der Waals surface area contributed by atoms with Gasteiger partial charge in [-0.25, -0.2) is 0 Å². The van der Waals surface area contributed by atoms with E-state index < -0.39 is 0 Å². The van der Waals surface area contributed by atoms with Gasteiger partial charge in [-0.15, -0.1) is 5.10 Å². The van der Waals surface area contributed by atoms with Gasteiger partial charge < -0.3 is 10.2 Å². The zero-order valence-electron chi connectivity index (χ0n) is 13.9. The molecule has 1 fully saturated rings. The highest BCUT2D eigenvalue weighted by Crippen LogP contribution is 2.24. The monoisotopic (exact) mass is 311 g/mol. The van der Waals surface area contributed by atoms with E-state index in [1.54, 1.807) is 6.20 Å². The summed E-state index contributed by atoms with van der Waals surface area (Å²) < 4.78 is 0. The van der Waals surface area contributed by atoms with Crippen LogP contribution in [0.4, 0.5) is 11.8 Å². The van der Waals surface area contributed by atoms with Gasteiger partial charge in [0.2, 0.25) is 5.95 Å². The van der Waals surface area contributed by atoms with Gasteiger partial charge in [0.15, 0.2) is 5.82 Å². The van der Waals surface area contributed by atoms with E-state index in [1.807, 2.05) is 0 Å². The van der Waals surface area contributed by atoms with Crippen molar-refractivity contribution in [2.24, 2.45) is 5.92 Å². The lowest BCUT2D eigenvalue weighted by Gasteiger charge is -2.32. The Morgan fingerprint density at radius 2 is 1.91 bits per heavy atom. The van der Waals surface area contributed by atoms with E-state index in [1.165, 1.54) is 24.8 Å². The lowest BCUT2D eigenvalue weighted by Crippen LogP contribution is -2.35. The van der Waals surface area contributed by atoms with Crippen LogP contribution in [-0.2, 0) is 6.42 Å². The number of benzene rings is 1. The van der Waals surface area contributed by atoms with Gasteiger partial charge in [-0.3, -0.25) is 0 Å². The Balaban J connectivity index is 1.56. The molecule has 0 atom stereocenters. The maximum absolute atomic E-state index is 4.59. The third-order valence-electron chi connectivity index (χ3n) is 4.25. The van der Waals surface area contributed by atoms with Gasteiger partial charge in [0.1, 0.15) is 0 Å². The number of nitrogens with zero attached hydrogens (tertiary/aromatic N) is 4. The molecule has 0 amide bonds. The number of rotatable bonds is 5. The van der Waals surface area contributed by atoms with Crippen LogP contribution >= 0.6 is 0 Å². The Hall–Kier alpha value is -2.17. The second-order valence-electron chi connectivity index (χ2n) is 6.56. The molecule has 1 saturated heterocycles. The Kier molecular flexibility index (Phi) is 5.05. The standard InChI is InChI=1S/C18H25N5/c1-14(2)20-17-13-19-22-18(21-17)23-10-8-16(9-11-23)12-15-6-4-3-5-7-15/h3-7,13-14,16H,8-12H2,1-2H3,(H,20,21,22). The van der Waals surface area contributed by atoms with Crippen LogP contribution in [0.1, 0.15) is 32.3 Å². The molecule has 5 nitrogen and oxygen atoms in total. The molecule has 2 aromatic rings. The second kappa shape index (κ2) is 7.40. The molecule has 0 radical (unpaired) electrons. The first kappa shape index (κ1) is 15.7. The van der Waals surface area contributed by atoms with Crippen molar-refractivity contribution in [3.63, 3.8) is 0 Å². The van der Waals surface area contributed by atoms with Crippen molar-refractivity contribution in [1.29, 1.82) is 0 Å². The number of hydrogen-bond donors (Lipinski definition) is 1. The highest BCUT2D eigenvalue weighted by Gasteiger charge is 2.21. The second-order valence-corrected chi connectivity index (χ2v) is 6.56. The fraction of sp³-hybridized carbons (Fsp3) is 0.500. The van der Waals surface area contributed by atoms with Gasteiger partial charge in [-0.1, -0.05) is 30.3 Å². The minimum atomic E-state index is 0.344. The molecular formula is C18H25N5. The predicted octanol–water partition coefficient (Wildman–Crippen LogP) is 3.15. The van der Waals surface area contributed by atoms with Crippen molar-refractivity contribution in [1.82, 2.24) is 15.2 Å². The molecule has 1 aliphatic rings. The Labute approximate surface area is 138 Å². The summed E-state index contributed by atoms with van der Waals surface area (Å²) in [5.74, 6) is 2.30. The first-order valence-corrected chi connectivity index (χ1v) is 8.46. The largest absolute Gasteiger partial charge is 0.366 e. The summed E-state index contributed by atoms with van der Waals surface area (Å²) in [6.07, 6.45) is 5.22. The number of nitrogens with one attached hydrogen (secondary N) is 1. The van der Waals surface area contributed by atoms with Crippen LogP contribution in [0.2, 0.25) is 0 Å². The van der Waals surface area contributed by atoms with Gasteiger partial charge in [-0.05, 0) is 44.6 Å². The lowest BCUT2D eigenvalue weighted by atomic mass is 9.90. The van der Waals surface area contributed by atoms with E-state index in [9.17, 15) is 0 Å². The molecular weight excluding hydrogens is 286 g/mol. The first-order valence-electron chi connectivity index (χ1n) is 8.46. The van der Waals surface area contributed by atoms with Crippen LogP contribution in [0.15, 0.2) is 36.5 Å². The Morgan fingerprint density at radius 1 is 1.17 bits per heavy atom. The van der Waals surface area contributed by atoms with E-state index >= 15 is 0 Å². The number of aromatic nitrogens is 3. The molecule has 1 aliphatic heterocycles. The molecule has 1 aromatic heterocycles. The maximum Gasteiger partial charge on any atom is 0.247 e. The third-order valence-corrected chi connectivity index (χ3v) is 4.25. The summed E-state index contributed by atoms with van der Waals surface area (Å²) in [4.78, 5) is 6.84. The van der Waals surface area contributed by atoms with Crippen molar-refractivity contribution >= 4 is 11.8 Å². The topological polar surface area (TPSA) is 53.9 Å². The van der Waals surface area contributed by atoms with Crippen LogP contribution in [0.5, 0.6) is 0 Å². The fourth-order valence-electron chi connectivity index (χ4n) is 3.08. The summed E-state index contributed by atoms with van der Waals surface area (Å²) in [5, 5.41) is 11.6. The first-order chi connectivity index (χ1) is 11.2. The molecule has 122 valence electrons. The van der Waals surface area contributed by atoms with Crippen LogP contribution in [0.25, 0.3) is 0 Å². The molecule has 0 saturated carbocycles. The zero-order valence-corrected chi connectivity index (χ0v) is 13.9. The van der Waals surface area contributed by atoms with E-state index in [0.717, 1.165) is 30.8 Å². The molecule has 1 N–H and O–H groups in total. The molecule has 2 heterocycles. The van der Waals surface area contributed by atoms with Crippen molar-refractivity contribution in [2.45, 2.75) is 39.2 Å². The smallest absolute Gasteiger partial charge is 0.247 e. The van der Waals surface area contributed by atoms with Gasteiger partial charge in [0.25, 0.3) is 0 Å². The summed E-state index contributed by atoms with van der Waals surface area (Å²) in [7, 11) is 0. The zero-order chi connectivity index (χ0) is 16.1. The average molecular weight is 311 g/mol. The van der Waals surface area contributed by atoms with Crippen LogP contribution < -0.4 is 10.2 Å². The predicted molar refractivity (Wildman–Crippen MR) is 93.7 cm³/mol. The van der Waals surface area contributed by atoms with E-state index in [0.29, 0.717) is 6.04 Å². The van der Waals surface area contributed by atoms with Crippen molar-refractivity contribution in [2.75, 3.05) is 23.3 Å². The quantitative estimate of drug-likeness (QED) is 0.919.